The van der Waals surface area contributed by atoms with Gasteiger partial charge in [-0.1, -0.05) is 18.2 Å². The van der Waals surface area contributed by atoms with Crippen molar-refractivity contribution >= 4 is 16.7 Å². The van der Waals surface area contributed by atoms with Crippen LogP contribution in [0.4, 0.5) is 0 Å². The number of carbonyl (C=O) groups excluding carboxylic acids is 1. The lowest BCUT2D eigenvalue weighted by Gasteiger charge is -2.11. The van der Waals surface area contributed by atoms with E-state index < -0.39 is 5.92 Å². The molecular weight excluding hydrogens is 232 g/mol. The molecule has 2 aromatic rings. The Hall–Kier alpha value is -2.17. The maximum atomic E-state index is 11.7. The standard InChI is InChI=1S/C13H14N2O3/c1-3-18-13(17)8(2)11-9-6-4-5-7-10(9)12(16)15-14-11/h4-8H,3H2,1-2H3,(H,15,16)/t8-/m1/s1. The molecule has 1 atom stereocenters. The molecule has 5 heteroatoms. The fourth-order valence-electron chi connectivity index (χ4n) is 1.84. The van der Waals surface area contributed by atoms with E-state index in [9.17, 15) is 9.59 Å². The van der Waals surface area contributed by atoms with Crippen LogP contribution >= 0.6 is 0 Å². The average Bonchev–Trinajstić information content (AvgIpc) is 2.39. The Bertz CT molecular complexity index is 633. The summed E-state index contributed by atoms with van der Waals surface area (Å²) in [4.78, 5) is 23.3. The van der Waals surface area contributed by atoms with Gasteiger partial charge in [-0.25, -0.2) is 5.10 Å². The molecule has 0 amide bonds. The molecule has 0 fully saturated rings. The number of hydrogen-bond donors (Lipinski definition) is 1. The zero-order valence-electron chi connectivity index (χ0n) is 10.3. The molecule has 5 nitrogen and oxygen atoms in total. The Labute approximate surface area is 104 Å². The number of aromatic nitrogens is 2. The Morgan fingerprint density at radius 2 is 2.06 bits per heavy atom. The van der Waals surface area contributed by atoms with E-state index in [1.165, 1.54) is 0 Å². The summed E-state index contributed by atoms with van der Waals surface area (Å²) in [5.41, 5.74) is 0.272. The van der Waals surface area contributed by atoms with Crippen LogP contribution in [-0.2, 0) is 9.53 Å². The largest absolute Gasteiger partial charge is 0.465 e. The van der Waals surface area contributed by atoms with E-state index in [0.717, 1.165) is 0 Å². The molecular formula is C13H14N2O3. The third kappa shape index (κ3) is 2.11. The highest BCUT2D eigenvalue weighted by Gasteiger charge is 2.21. The molecule has 0 radical (unpaired) electrons. The Kier molecular flexibility index (Phi) is 3.41. The maximum absolute atomic E-state index is 11.7. The van der Waals surface area contributed by atoms with E-state index in [-0.39, 0.29) is 11.5 Å². The Morgan fingerprint density at radius 3 is 2.72 bits per heavy atom. The van der Waals surface area contributed by atoms with Crippen LogP contribution < -0.4 is 5.56 Å². The van der Waals surface area contributed by atoms with Crippen molar-refractivity contribution in [3.05, 3.63) is 40.3 Å². The van der Waals surface area contributed by atoms with E-state index in [1.54, 1.807) is 32.0 Å². The number of hydrogen-bond acceptors (Lipinski definition) is 4. The highest BCUT2D eigenvalue weighted by molar-refractivity contribution is 5.88. The van der Waals surface area contributed by atoms with E-state index in [0.29, 0.717) is 23.1 Å². The number of carbonyl (C=O) groups is 1. The monoisotopic (exact) mass is 246 g/mol. The first-order valence-corrected chi connectivity index (χ1v) is 5.79. The summed E-state index contributed by atoms with van der Waals surface area (Å²) in [5, 5.41) is 7.59. The van der Waals surface area contributed by atoms with Crippen LogP contribution in [0.1, 0.15) is 25.5 Å². The first-order valence-electron chi connectivity index (χ1n) is 5.79. The lowest BCUT2D eigenvalue weighted by Crippen LogP contribution is -2.18. The fourth-order valence-corrected chi connectivity index (χ4v) is 1.84. The molecule has 0 saturated carbocycles. The first kappa shape index (κ1) is 12.3. The molecule has 1 heterocycles. The van der Waals surface area contributed by atoms with Crippen LogP contribution in [0.5, 0.6) is 0 Å². The normalized spacial score (nSPS) is 12.3. The average molecular weight is 246 g/mol. The summed E-state index contributed by atoms with van der Waals surface area (Å²) in [6.07, 6.45) is 0. The Balaban J connectivity index is 2.55. The molecule has 0 aliphatic carbocycles. The molecule has 1 aromatic heterocycles. The van der Waals surface area contributed by atoms with E-state index >= 15 is 0 Å². The van der Waals surface area contributed by atoms with Gasteiger partial charge in [-0.3, -0.25) is 9.59 Å². The van der Waals surface area contributed by atoms with Gasteiger partial charge in [0.2, 0.25) is 0 Å². The van der Waals surface area contributed by atoms with Crippen LogP contribution in [0.15, 0.2) is 29.1 Å². The Morgan fingerprint density at radius 1 is 1.39 bits per heavy atom. The van der Waals surface area contributed by atoms with Crippen molar-refractivity contribution in [3.63, 3.8) is 0 Å². The van der Waals surface area contributed by atoms with Crippen LogP contribution in [0.25, 0.3) is 10.8 Å². The molecule has 18 heavy (non-hydrogen) atoms. The van der Waals surface area contributed by atoms with Crippen LogP contribution in [0.2, 0.25) is 0 Å². The summed E-state index contributed by atoms with van der Waals surface area (Å²) in [6, 6.07) is 7.07. The van der Waals surface area contributed by atoms with Crippen molar-refractivity contribution in [2.24, 2.45) is 0 Å². The number of nitrogens with one attached hydrogen (secondary N) is 1. The summed E-state index contributed by atoms with van der Waals surface area (Å²) in [5.74, 6) is -0.853. The van der Waals surface area contributed by atoms with Gasteiger partial charge in [0.1, 0.15) is 0 Å². The third-order valence-electron chi connectivity index (χ3n) is 2.78. The van der Waals surface area contributed by atoms with Gasteiger partial charge < -0.3 is 4.74 Å². The minimum atomic E-state index is -0.508. The van der Waals surface area contributed by atoms with Gasteiger partial charge in [-0.15, -0.1) is 0 Å². The van der Waals surface area contributed by atoms with Crippen molar-refractivity contribution in [1.29, 1.82) is 0 Å². The summed E-state index contributed by atoms with van der Waals surface area (Å²) in [7, 11) is 0. The van der Waals surface area contributed by atoms with Crippen molar-refractivity contribution in [1.82, 2.24) is 10.2 Å². The first-order chi connectivity index (χ1) is 8.65. The van der Waals surface area contributed by atoms with Gasteiger partial charge in [0.15, 0.2) is 0 Å². The minimum absolute atomic E-state index is 0.259. The predicted molar refractivity (Wildman–Crippen MR) is 67.4 cm³/mol. The van der Waals surface area contributed by atoms with Gasteiger partial charge in [0.25, 0.3) is 5.56 Å². The lowest BCUT2D eigenvalue weighted by atomic mass is 10.0. The maximum Gasteiger partial charge on any atom is 0.314 e. The minimum Gasteiger partial charge on any atom is -0.465 e. The highest BCUT2D eigenvalue weighted by atomic mass is 16.5. The molecule has 0 aliphatic rings. The van der Waals surface area contributed by atoms with Gasteiger partial charge in [0, 0.05) is 5.39 Å². The molecule has 0 saturated heterocycles. The van der Waals surface area contributed by atoms with E-state index in [1.807, 2.05) is 6.07 Å². The fraction of sp³-hybridized carbons (Fsp3) is 0.308. The molecule has 2 rings (SSSR count). The van der Waals surface area contributed by atoms with Gasteiger partial charge in [-0.2, -0.15) is 5.10 Å². The number of ether oxygens (including phenoxy) is 1. The number of esters is 1. The van der Waals surface area contributed by atoms with Crippen LogP contribution in [0.3, 0.4) is 0 Å². The number of fused-ring (bicyclic) bond motifs is 1. The smallest absolute Gasteiger partial charge is 0.314 e. The number of benzene rings is 1. The van der Waals surface area contributed by atoms with E-state index in [4.69, 9.17) is 4.74 Å². The van der Waals surface area contributed by atoms with Gasteiger partial charge in [-0.05, 0) is 19.9 Å². The number of nitrogens with zero attached hydrogens (tertiary/aromatic N) is 1. The zero-order valence-corrected chi connectivity index (χ0v) is 10.3. The molecule has 0 aliphatic heterocycles. The van der Waals surface area contributed by atoms with Crippen LogP contribution in [0, 0.1) is 0 Å². The second-order valence-corrected chi connectivity index (χ2v) is 3.96. The second kappa shape index (κ2) is 5.00. The topological polar surface area (TPSA) is 72.0 Å². The molecule has 0 spiro atoms. The second-order valence-electron chi connectivity index (χ2n) is 3.96. The third-order valence-corrected chi connectivity index (χ3v) is 2.78. The van der Waals surface area contributed by atoms with Crippen LogP contribution in [-0.4, -0.2) is 22.8 Å². The lowest BCUT2D eigenvalue weighted by molar-refractivity contribution is -0.144. The quantitative estimate of drug-likeness (QED) is 0.835. The molecule has 94 valence electrons. The summed E-state index contributed by atoms with van der Waals surface area (Å²) < 4.78 is 4.97. The predicted octanol–water partition coefficient (Wildman–Crippen LogP) is 1.59. The van der Waals surface area contributed by atoms with Crippen molar-refractivity contribution < 1.29 is 9.53 Å². The van der Waals surface area contributed by atoms with Crippen molar-refractivity contribution in [2.75, 3.05) is 6.61 Å². The van der Waals surface area contributed by atoms with E-state index in [2.05, 4.69) is 10.2 Å². The molecule has 0 bridgehead atoms. The van der Waals surface area contributed by atoms with Gasteiger partial charge in [0.05, 0.1) is 23.6 Å². The zero-order chi connectivity index (χ0) is 13.1. The van der Waals surface area contributed by atoms with Crippen molar-refractivity contribution in [2.45, 2.75) is 19.8 Å². The highest BCUT2D eigenvalue weighted by Crippen LogP contribution is 2.21. The van der Waals surface area contributed by atoms with Gasteiger partial charge >= 0.3 is 5.97 Å². The number of H-pyrrole nitrogens is 1. The summed E-state index contributed by atoms with van der Waals surface area (Å²) >= 11 is 0. The number of rotatable bonds is 3. The summed E-state index contributed by atoms with van der Waals surface area (Å²) in [6.45, 7) is 3.79. The molecule has 0 unspecified atom stereocenters. The molecule has 1 aromatic carbocycles. The SMILES string of the molecule is CCOC(=O)[C@H](C)c1n[nH]c(=O)c2ccccc12. The number of aromatic amines is 1. The molecule has 1 N–H and O–H groups in total. The van der Waals surface area contributed by atoms with Crippen molar-refractivity contribution in [3.8, 4) is 0 Å².